The van der Waals surface area contributed by atoms with Gasteiger partial charge in [-0.05, 0) is 24.0 Å². The first-order valence-corrected chi connectivity index (χ1v) is 7.99. The Labute approximate surface area is 134 Å². The lowest BCUT2D eigenvalue weighted by Crippen LogP contribution is -2.37. The fourth-order valence-electron chi connectivity index (χ4n) is 3.01. The molecule has 0 atom stereocenters. The number of carbonyl (C=O) groups excluding carboxylic acids is 1. The predicted octanol–water partition coefficient (Wildman–Crippen LogP) is 2.46. The molecule has 1 aliphatic heterocycles. The lowest BCUT2D eigenvalue weighted by Gasteiger charge is -2.22. The Hall–Kier alpha value is -2.50. The number of rotatable bonds is 2. The molecule has 3 N–H and O–H groups in total. The Morgan fingerprint density at radius 1 is 1.17 bits per heavy atom. The molecule has 122 valence electrons. The van der Waals surface area contributed by atoms with E-state index in [1.165, 1.54) is 0 Å². The Bertz CT molecular complexity index is 760. The van der Waals surface area contributed by atoms with E-state index in [1.807, 2.05) is 24.3 Å². The fourth-order valence-corrected chi connectivity index (χ4v) is 3.01. The molecule has 0 aliphatic carbocycles. The van der Waals surface area contributed by atoms with E-state index in [0.29, 0.717) is 31.8 Å². The zero-order valence-electron chi connectivity index (χ0n) is 13.5. The highest BCUT2D eigenvalue weighted by Gasteiger charge is 2.22. The van der Waals surface area contributed by atoms with Crippen LogP contribution in [-0.2, 0) is 12.8 Å². The van der Waals surface area contributed by atoms with Crippen LogP contribution in [0.5, 0.6) is 0 Å². The number of H-pyrrole nitrogens is 2. The number of para-hydroxylation sites is 1. The maximum Gasteiger partial charge on any atom is 0.321 e. The molecular weight excluding hydrogens is 292 g/mol. The fraction of sp³-hybridized carbons (Fsp3) is 0.412. The molecule has 0 bridgehead atoms. The molecule has 0 saturated heterocycles. The molecule has 3 rings (SSSR count). The van der Waals surface area contributed by atoms with E-state index in [9.17, 15) is 9.59 Å². The number of carbonyl (C=O) groups is 1. The molecule has 1 aromatic heterocycles. The van der Waals surface area contributed by atoms with E-state index < -0.39 is 0 Å². The number of fused-ring (bicyclic) bond motifs is 1. The summed E-state index contributed by atoms with van der Waals surface area (Å²) in [6.45, 7) is 5.35. The van der Waals surface area contributed by atoms with Crippen molar-refractivity contribution in [3.63, 3.8) is 0 Å². The largest absolute Gasteiger partial charge is 0.324 e. The first kappa shape index (κ1) is 15.4. The van der Waals surface area contributed by atoms with Crippen LogP contribution in [0, 0.1) is 0 Å². The highest BCUT2D eigenvalue weighted by atomic mass is 16.2. The number of nitrogens with one attached hydrogen (secondary N) is 3. The average Bonchev–Trinajstić information content (AvgIpc) is 2.76. The van der Waals surface area contributed by atoms with E-state index in [-0.39, 0.29) is 11.6 Å². The maximum absolute atomic E-state index is 12.6. The normalized spacial score (nSPS) is 14.5. The molecule has 0 unspecified atom stereocenters. The molecule has 2 amide bonds. The van der Waals surface area contributed by atoms with E-state index >= 15 is 0 Å². The molecule has 0 fully saturated rings. The van der Waals surface area contributed by atoms with E-state index in [2.05, 4.69) is 29.4 Å². The van der Waals surface area contributed by atoms with Gasteiger partial charge < -0.3 is 15.3 Å². The molecule has 2 heterocycles. The van der Waals surface area contributed by atoms with Gasteiger partial charge in [-0.15, -0.1) is 0 Å². The van der Waals surface area contributed by atoms with Crippen LogP contribution in [-0.4, -0.2) is 34.2 Å². The number of benzene rings is 1. The van der Waals surface area contributed by atoms with Gasteiger partial charge in [0.25, 0.3) is 5.56 Å². The minimum Gasteiger partial charge on any atom is -0.324 e. The van der Waals surface area contributed by atoms with Crippen LogP contribution in [0.2, 0.25) is 0 Å². The highest BCUT2D eigenvalue weighted by Crippen LogP contribution is 2.24. The summed E-state index contributed by atoms with van der Waals surface area (Å²) in [4.78, 5) is 26.0. The Balaban J connectivity index is 1.71. The summed E-state index contributed by atoms with van der Waals surface area (Å²) >= 11 is 0. The summed E-state index contributed by atoms with van der Waals surface area (Å²) < 4.78 is 0. The van der Waals surface area contributed by atoms with Crippen molar-refractivity contribution in [3.8, 4) is 0 Å². The average molecular weight is 314 g/mol. The SMILES string of the molecule is CC(C)c1ccccc1NC(=O)N1CCc2[nH][nH]c(=O)c2CC1. The van der Waals surface area contributed by atoms with Gasteiger partial charge in [-0.3, -0.25) is 9.89 Å². The van der Waals surface area contributed by atoms with E-state index in [1.54, 1.807) is 4.90 Å². The highest BCUT2D eigenvalue weighted by molar-refractivity contribution is 5.90. The number of aromatic amines is 2. The number of nitrogens with zero attached hydrogens (tertiary/aromatic N) is 1. The number of urea groups is 1. The molecule has 1 aromatic carbocycles. The van der Waals surface area contributed by atoms with Crippen LogP contribution >= 0.6 is 0 Å². The number of aromatic nitrogens is 2. The second-order valence-corrected chi connectivity index (χ2v) is 6.20. The van der Waals surface area contributed by atoms with Crippen molar-refractivity contribution in [2.24, 2.45) is 0 Å². The third kappa shape index (κ3) is 3.16. The summed E-state index contributed by atoms with van der Waals surface area (Å²) in [6.07, 6.45) is 1.24. The van der Waals surface area contributed by atoms with Crippen molar-refractivity contribution < 1.29 is 4.79 Å². The lowest BCUT2D eigenvalue weighted by atomic mass is 10.0. The number of amides is 2. The molecule has 0 radical (unpaired) electrons. The van der Waals surface area contributed by atoms with Gasteiger partial charge in [0.05, 0.1) is 0 Å². The van der Waals surface area contributed by atoms with Crippen molar-refractivity contribution in [2.45, 2.75) is 32.6 Å². The van der Waals surface area contributed by atoms with Crippen LogP contribution in [0.3, 0.4) is 0 Å². The summed E-state index contributed by atoms with van der Waals surface area (Å²) in [5, 5.41) is 8.53. The van der Waals surface area contributed by atoms with Crippen molar-refractivity contribution in [2.75, 3.05) is 18.4 Å². The van der Waals surface area contributed by atoms with E-state index in [4.69, 9.17) is 0 Å². The standard InChI is InChI=1S/C17H22N4O2/c1-11(2)12-5-3-4-6-14(12)18-17(23)21-9-7-13-15(8-10-21)19-20-16(13)22/h3-6,11H,7-10H2,1-2H3,(H,18,23)(H2,19,20,22). The molecule has 0 spiro atoms. The third-order valence-corrected chi connectivity index (χ3v) is 4.34. The Kier molecular flexibility index (Phi) is 4.23. The van der Waals surface area contributed by atoms with Gasteiger partial charge in [-0.25, -0.2) is 4.79 Å². The van der Waals surface area contributed by atoms with Gasteiger partial charge in [0.1, 0.15) is 0 Å². The number of hydrogen-bond donors (Lipinski definition) is 3. The molecule has 6 nitrogen and oxygen atoms in total. The van der Waals surface area contributed by atoms with Crippen molar-refractivity contribution >= 4 is 11.7 Å². The Morgan fingerprint density at radius 3 is 2.70 bits per heavy atom. The molecule has 1 aliphatic rings. The molecule has 0 saturated carbocycles. The van der Waals surface area contributed by atoms with Gasteiger partial charge in [0.15, 0.2) is 0 Å². The predicted molar refractivity (Wildman–Crippen MR) is 89.9 cm³/mol. The smallest absolute Gasteiger partial charge is 0.321 e. The number of anilines is 1. The van der Waals surface area contributed by atoms with Crippen LogP contribution in [0.15, 0.2) is 29.1 Å². The zero-order chi connectivity index (χ0) is 16.4. The number of hydrogen-bond acceptors (Lipinski definition) is 2. The monoisotopic (exact) mass is 314 g/mol. The summed E-state index contributed by atoms with van der Waals surface area (Å²) in [6, 6.07) is 7.76. The Morgan fingerprint density at radius 2 is 1.91 bits per heavy atom. The van der Waals surface area contributed by atoms with Gasteiger partial charge in [0, 0.05) is 36.5 Å². The van der Waals surface area contributed by atoms with Crippen LogP contribution < -0.4 is 10.9 Å². The third-order valence-electron chi connectivity index (χ3n) is 4.34. The van der Waals surface area contributed by atoms with Crippen LogP contribution in [0.25, 0.3) is 0 Å². The van der Waals surface area contributed by atoms with Crippen molar-refractivity contribution in [1.82, 2.24) is 15.1 Å². The minimum absolute atomic E-state index is 0.0765. The molecule has 23 heavy (non-hydrogen) atoms. The van der Waals surface area contributed by atoms with E-state index in [0.717, 1.165) is 22.5 Å². The topological polar surface area (TPSA) is 81.0 Å². The van der Waals surface area contributed by atoms with Crippen LogP contribution in [0.1, 0.15) is 36.6 Å². The van der Waals surface area contributed by atoms with Gasteiger partial charge in [-0.1, -0.05) is 32.0 Å². The summed E-state index contributed by atoms with van der Waals surface area (Å²) in [5.41, 5.74) is 3.58. The first-order valence-electron chi connectivity index (χ1n) is 7.99. The van der Waals surface area contributed by atoms with Gasteiger partial charge >= 0.3 is 6.03 Å². The minimum atomic E-state index is -0.111. The second-order valence-electron chi connectivity index (χ2n) is 6.20. The second kappa shape index (κ2) is 6.32. The van der Waals surface area contributed by atoms with Gasteiger partial charge in [-0.2, -0.15) is 0 Å². The first-order chi connectivity index (χ1) is 11.1. The lowest BCUT2D eigenvalue weighted by molar-refractivity contribution is 0.214. The quantitative estimate of drug-likeness (QED) is 0.796. The van der Waals surface area contributed by atoms with Gasteiger partial charge in [0.2, 0.25) is 0 Å². The van der Waals surface area contributed by atoms with Crippen LogP contribution in [0.4, 0.5) is 10.5 Å². The molecule has 2 aromatic rings. The molecular formula is C17H22N4O2. The summed E-state index contributed by atoms with van der Waals surface area (Å²) in [7, 11) is 0. The zero-order valence-corrected chi connectivity index (χ0v) is 13.5. The molecule has 6 heteroatoms. The summed E-state index contributed by atoms with van der Waals surface area (Å²) in [5.74, 6) is 0.342. The van der Waals surface area contributed by atoms with Crippen molar-refractivity contribution in [1.29, 1.82) is 0 Å². The maximum atomic E-state index is 12.6. The van der Waals surface area contributed by atoms with Crippen molar-refractivity contribution in [3.05, 3.63) is 51.4 Å².